The van der Waals surface area contributed by atoms with Gasteiger partial charge in [0.1, 0.15) is 5.60 Å². The van der Waals surface area contributed by atoms with E-state index in [1.54, 1.807) is 4.90 Å². The van der Waals surface area contributed by atoms with Crippen molar-refractivity contribution in [2.24, 2.45) is 0 Å². The van der Waals surface area contributed by atoms with Gasteiger partial charge in [0.15, 0.2) is 11.6 Å². The number of piperidine rings is 1. The molecule has 0 aromatic heterocycles. The van der Waals surface area contributed by atoms with Gasteiger partial charge in [-0.25, -0.2) is 8.78 Å². The average molecular weight is 295 g/mol. The Bertz CT molecular complexity index is 605. The van der Waals surface area contributed by atoms with Crippen molar-refractivity contribution in [3.05, 3.63) is 35.4 Å². The van der Waals surface area contributed by atoms with Crippen LogP contribution in [0.25, 0.3) is 0 Å². The molecule has 0 N–H and O–H groups in total. The van der Waals surface area contributed by atoms with Crippen molar-refractivity contribution in [2.75, 3.05) is 13.1 Å². The molecular weight excluding hydrogens is 280 g/mol. The van der Waals surface area contributed by atoms with Gasteiger partial charge in [0.2, 0.25) is 0 Å². The molecule has 0 unspecified atom stereocenters. The minimum Gasteiger partial charge on any atom is -0.457 e. The standard InChI is InChI=1S/C15H15F2NO3/c16-11-3-2-10(8-12(11)17)14(20)18-7-1-5-15(9-18)6-4-13(19)21-15/h2-3,8H,1,4-7,9H2/t15-/m0/s1. The SMILES string of the molecule is O=C1CC[C@]2(CCCN(C(=O)c3ccc(F)c(F)c3)C2)O1. The Balaban J connectivity index is 1.78. The molecule has 2 fully saturated rings. The van der Waals surface area contributed by atoms with Gasteiger partial charge in [0.05, 0.1) is 6.54 Å². The van der Waals surface area contributed by atoms with Crippen molar-refractivity contribution >= 4 is 11.9 Å². The maximum atomic E-state index is 13.2. The average Bonchev–Trinajstić information content (AvgIpc) is 2.81. The van der Waals surface area contributed by atoms with Crippen LogP contribution in [-0.4, -0.2) is 35.5 Å². The molecule has 2 heterocycles. The summed E-state index contributed by atoms with van der Waals surface area (Å²) in [5.41, 5.74) is -0.487. The van der Waals surface area contributed by atoms with Gasteiger partial charge in [-0.3, -0.25) is 9.59 Å². The molecule has 2 saturated heterocycles. The van der Waals surface area contributed by atoms with Crippen molar-refractivity contribution in [1.29, 1.82) is 0 Å². The highest BCUT2D eigenvalue weighted by Gasteiger charge is 2.44. The summed E-state index contributed by atoms with van der Waals surface area (Å²) in [6.45, 7) is 0.841. The molecule has 21 heavy (non-hydrogen) atoms. The van der Waals surface area contributed by atoms with Crippen molar-refractivity contribution in [3.63, 3.8) is 0 Å². The summed E-state index contributed by atoms with van der Waals surface area (Å²) in [6, 6.07) is 3.11. The Kier molecular flexibility index (Phi) is 3.39. The Hall–Kier alpha value is -1.98. The molecule has 1 atom stereocenters. The molecular formula is C15H15F2NO3. The number of carbonyl (C=O) groups is 2. The molecule has 2 aliphatic rings. The second-order valence-corrected chi connectivity index (χ2v) is 5.62. The van der Waals surface area contributed by atoms with Crippen molar-refractivity contribution in [3.8, 4) is 0 Å². The van der Waals surface area contributed by atoms with Crippen molar-refractivity contribution in [2.45, 2.75) is 31.3 Å². The molecule has 112 valence electrons. The van der Waals surface area contributed by atoms with Crippen LogP contribution in [0.3, 0.4) is 0 Å². The van der Waals surface area contributed by atoms with E-state index in [-0.39, 0.29) is 17.4 Å². The Morgan fingerprint density at radius 1 is 1.24 bits per heavy atom. The highest BCUT2D eigenvalue weighted by molar-refractivity contribution is 5.94. The Labute approximate surface area is 120 Å². The lowest BCUT2D eigenvalue weighted by Crippen LogP contribution is -2.50. The Morgan fingerprint density at radius 2 is 2.05 bits per heavy atom. The molecule has 4 nitrogen and oxygen atoms in total. The first-order chi connectivity index (χ1) is 9.99. The third-order valence-corrected chi connectivity index (χ3v) is 4.11. The summed E-state index contributed by atoms with van der Waals surface area (Å²) in [6.07, 6.45) is 2.43. The van der Waals surface area contributed by atoms with Crippen LogP contribution in [0.15, 0.2) is 18.2 Å². The molecule has 0 bridgehead atoms. The number of likely N-dealkylation sites (tertiary alicyclic amines) is 1. The largest absolute Gasteiger partial charge is 0.457 e. The van der Waals surface area contributed by atoms with Crippen LogP contribution in [0.5, 0.6) is 0 Å². The molecule has 1 spiro atoms. The number of halogens is 2. The topological polar surface area (TPSA) is 46.6 Å². The van der Waals surface area contributed by atoms with Crippen molar-refractivity contribution in [1.82, 2.24) is 4.90 Å². The summed E-state index contributed by atoms with van der Waals surface area (Å²) >= 11 is 0. The van der Waals surface area contributed by atoms with E-state index in [0.717, 1.165) is 25.0 Å². The number of carbonyl (C=O) groups excluding carboxylic acids is 2. The van der Waals surface area contributed by atoms with E-state index in [9.17, 15) is 18.4 Å². The molecule has 6 heteroatoms. The lowest BCUT2D eigenvalue weighted by molar-refractivity contribution is -0.151. The van der Waals surface area contributed by atoms with E-state index in [0.29, 0.717) is 25.9 Å². The number of hydrogen-bond donors (Lipinski definition) is 0. The summed E-state index contributed by atoms with van der Waals surface area (Å²) < 4.78 is 31.5. The van der Waals surface area contributed by atoms with Gasteiger partial charge in [0.25, 0.3) is 5.91 Å². The quantitative estimate of drug-likeness (QED) is 0.747. The number of esters is 1. The second kappa shape index (κ2) is 5.09. The molecule has 0 saturated carbocycles. The normalized spacial score (nSPS) is 25.2. The number of rotatable bonds is 1. The minimum atomic E-state index is -1.04. The lowest BCUT2D eigenvalue weighted by atomic mass is 9.89. The van der Waals surface area contributed by atoms with Crippen LogP contribution in [-0.2, 0) is 9.53 Å². The third-order valence-electron chi connectivity index (χ3n) is 4.11. The van der Waals surface area contributed by atoms with E-state index in [2.05, 4.69) is 0 Å². The maximum absolute atomic E-state index is 13.2. The fraction of sp³-hybridized carbons (Fsp3) is 0.467. The van der Waals surface area contributed by atoms with E-state index in [1.165, 1.54) is 6.07 Å². The first-order valence-corrected chi connectivity index (χ1v) is 6.95. The molecule has 1 aromatic rings. The number of amides is 1. The molecule has 3 rings (SSSR count). The predicted octanol–water partition coefficient (Wildman–Crippen LogP) is 2.28. The fourth-order valence-corrected chi connectivity index (χ4v) is 3.04. The summed E-state index contributed by atoms with van der Waals surface area (Å²) in [7, 11) is 0. The van der Waals surface area contributed by atoms with Crippen LogP contribution in [0.2, 0.25) is 0 Å². The molecule has 1 aromatic carbocycles. The molecule has 0 radical (unpaired) electrons. The van der Waals surface area contributed by atoms with Gasteiger partial charge < -0.3 is 9.64 Å². The van der Waals surface area contributed by atoms with Gasteiger partial charge in [-0.1, -0.05) is 0 Å². The van der Waals surface area contributed by atoms with E-state index in [4.69, 9.17) is 4.74 Å². The van der Waals surface area contributed by atoms with Crippen LogP contribution in [0, 0.1) is 11.6 Å². The number of nitrogens with zero attached hydrogens (tertiary/aromatic N) is 1. The zero-order valence-corrected chi connectivity index (χ0v) is 11.4. The number of hydrogen-bond acceptors (Lipinski definition) is 3. The summed E-state index contributed by atoms with van der Waals surface area (Å²) in [5, 5.41) is 0. The maximum Gasteiger partial charge on any atom is 0.306 e. The van der Waals surface area contributed by atoms with Gasteiger partial charge in [0, 0.05) is 18.5 Å². The zero-order valence-electron chi connectivity index (χ0n) is 11.4. The van der Waals surface area contributed by atoms with Gasteiger partial charge in [-0.05, 0) is 37.5 Å². The zero-order chi connectivity index (χ0) is 15.0. The fourth-order valence-electron chi connectivity index (χ4n) is 3.04. The first-order valence-electron chi connectivity index (χ1n) is 6.95. The molecule has 2 aliphatic heterocycles. The first kappa shape index (κ1) is 14.0. The highest BCUT2D eigenvalue weighted by Crippen LogP contribution is 2.35. The lowest BCUT2D eigenvalue weighted by Gasteiger charge is -2.39. The number of benzene rings is 1. The van der Waals surface area contributed by atoms with Gasteiger partial charge >= 0.3 is 5.97 Å². The predicted molar refractivity (Wildman–Crippen MR) is 69.6 cm³/mol. The van der Waals surface area contributed by atoms with Crippen molar-refractivity contribution < 1.29 is 23.1 Å². The third kappa shape index (κ3) is 2.62. The summed E-state index contributed by atoms with van der Waals surface area (Å²) in [4.78, 5) is 25.3. The monoisotopic (exact) mass is 295 g/mol. The van der Waals surface area contributed by atoms with Crippen LogP contribution >= 0.6 is 0 Å². The minimum absolute atomic E-state index is 0.107. The van der Waals surface area contributed by atoms with Crippen LogP contribution in [0.1, 0.15) is 36.0 Å². The molecule has 1 amide bonds. The second-order valence-electron chi connectivity index (χ2n) is 5.62. The molecule has 0 aliphatic carbocycles. The van der Waals surface area contributed by atoms with Gasteiger partial charge in [-0.2, -0.15) is 0 Å². The number of ether oxygens (including phenoxy) is 1. The van der Waals surface area contributed by atoms with E-state index < -0.39 is 17.2 Å². The summed E-state index contributed by atoms with van der Waals surface area (Å²) in [5.74, 6) is -2.63. The van der Waals surface area contributed by atoms with Crippen LogP contribution in [0.4, 0.5) is 8.78 Å². The van der Waals surface area contributed by atoms with E-state index >= 15 is 0 Å². The highest BCUT2D eigenvalue weighted by atomic mass is 19.2. The van der Waals surface area contributed by atoms with Crippen LogP contribution < -0.4 is 0 Å². The smallest absolute Gasteiger partial charge is 0.306 e. The van der Waals surface area contributed by atoms with Gasteiger partial charge in [-0.15, -0.1) is 0 Å². The Morgan fingerprint density at radius 3 is 2.71 bits per heavy atom. The van der Waals surface area contributed by atoms with E-state index in [1.807, 2.05) is 0 Å².